The molecule has 1 heterocycles. The van der Waals surface area contributed by atoms with Crippen LogP contribution in [0.3, 0.4) is 0 Å². The van der Waals surface area contributed by atoms with E-state index in [2.05, 4.69) is 25.8 Å². The monoisotopic (exact) mass is 586 g/mol. The lowest BCUT2D eigenvalue weighted by molar-refractivity contribution is -0.137. The number of nitrogens with two attached hydrogens (primary N) is 1. The molecule has 0 aromatic heterocycles. The number of alkyl halides is 1. The van der Waals surface area contributed by atoms with E-state index in [1.807, 2.05) is 13.8 Å². The smallest absolute Gasteiger partial charge is 0.0859 e. The van der Waals surface area contributed by atoms with Gasteiger partial charge in [0.1, 0.15) is 0 Å². The molecule has 1 aliphatic heterocycles. The van der Waals surface area contributed by atoms with Gasteiger partial charge in [0.05, 0.1) is 30.0 Å². The van der Waals surface area contributed by atoms with Gasteiger partial charge in [-0.15, -0.1) is 11.6 Å². The normalized spacial score (nSPS) is 33.5. The molecule has 4 N–H and O–H groups in total. The molecule has 7 heteroatoms. The third kappa shape index (κ3) is 9.79. The van der Waals surface area contributed by atoms with Gasteiger partial charge >= 0.3 is 0 Å². The number of fused-ring (bicyclic) bond motifs is 1. The molecule has 3 fully saturated rings. The quantitative estimate of drug-likeness (QED) is 0.204. The number of hydrogen-bond donors (Lipinski definition) is 3. The Balaban J connectivity index is 1.59. The van der Waals surface area contributed by atoms with Gasteiger partial charge in [-0.2, -0.15) is 0 Å². The molecule has 3 aliphatic rings. The predicted octanol–water partition coefficient (Wildman–Crippen LogP) is 5.99. The highest BCUT2D eigenvalue weighted by Crippen LogP contribution is 2.45. The molecule has 0 radical (unpaired) electrons. The van der Waals surface area contributed by atoms with Crippen molar-refractivity contribution in [2.45, 2.75) is 140 Å². The zero-order valence-electron chi connectivity index (χ0n) is 26.5. The largest absolute Gasteiger partial charge is 0.393 e. The van der Waals surface area contributed by atoms with Crippen molar-refractivity contribution in [3.05, 3.63) is 0 Å². The van der Waals surface area contributed by atoms with E-state index in [-0.39, 0.29) is 24.0 Å². The predicted molar refractivity (Wildman–Crippen MR) is 166 cm³/mol. The lowest BCUT2D eigenvalue weighted by Gasteiger charge is -2.43. The van der Waals surface area contributed by atoms with E-state index >= 15 is 0 Å². The topological polar surface area (TPSA) is 88.2 Å². The van der Waals surface area contributed by atoms with E-state index in [4.69, 9.17) is 26.8 Å². The van der Waals surface area contributed by atoms with Crippen molar-refractivity contribution < 1.29 is 19.7 Å². The molecule has 0 aromatic rings. The Morgan fingerprint density at radius 3 is 2.40 bits per heavy atom. The van der Waals surface area contributed by atoms with Gasteiger partial charge in [-0.25, -0.2) is 0 Å². The summed E-state index contributed by atoms with van der Waals surface area (Å²) in [5.74, 6) is 2.39. The molecule has 0 bridgehead atoms. The van der Waals surface area contributed by atoms with Crippen LogP contribution < -0.4 is 5.73 Å². The fraction of sp³-hybridized carbons (Fsp3) is 1.00. The maximum absolute atomic E-state index is 11.8. The Labute approximate surface area is 251 Å². The van der Waals surface area contributed by atoms with Crippen LogP contribution in [0.5, 0.6) is 0 Å². The van der Waals surface area contributed by atoms with E-state index in [9.17, 15) is 10.2 Å². The second-order valence-corrected chi connectivity index (χ2v) is 15.1. The Bertz CT molecular complexity index is 717. The highest BCUT2D eigenvalue weighted by Gasteiger charge is 2.43. The van der Waals surface area contributed by atoms with Crippen molar-refractivity contribution in [2.24, 2.45) is 35.3 Å². The fourth-order valence-corrected chi connectivity index (χ4v) is 8.36. The summed E-state index contributed by atoms with van der Waals surface area (Å²) in [6.07, 6.45) is 14.3. The maximum Gasteiger partial charge on any atom is 0.0859 e. The first-order valence-corrected chi connectivity index (χ1v) is 17.1. The molecule has 0 spiro atoms. The van der Waals surface area contributed by atoms with E-state index in [0.717, 1.165) is 96.9 Å². The zero-order chi connectivity index (χ0) is 29.3. The van der Waals surface area contributed by atoms with Crippen molar-refractivity contribution in [3.63, 3.8) is 0 Å². The van der Waals surface area contributed by atoms with Crippen molar-refractivity contribution in [1.29, 1.82) is 0 Å². The average Bonchev–Trinajstić information content (AvgIpc) is 3.09. The standard InChI is InChI=1S/C33H63ClN2O4/c1-24(2)33(38,26-10-12-27(34)13-11-26)17-20-36(5)19-7-9-29-25(8-6-18-35)16-21-39-31-15-14-28(22-30(29)31)40-32(3,4)23-37/h24-31,37-38H,6-23,35H2,1-5H3/t25-,26?,27?,28+,29?,30?,31?,33?/m1/s1. The second-order valence-electron chi connectivity index (χ2n) is 14.5. The van der Waals surface area contributed by atoms with Gasteiger partial charge in [0.2, 0.25) is 0 Å². The summed E-state index contributed by atoms with van der Waals surface area (Å²) in [7, 11) is 2.22. The van der Waals surface area contributed by atoms with E-state index in [1.54, 1.807) is 0 Å². The summed E-state index contributed by atoms with van der Waals surface area (Å²) in [6, 6.07) is 0. The molecule has 6 nitrogen and oxygen atoms in total. The highest BCUT2D eigenvalue weighted by atomic mass is 35.5. The summed E-state index contributed by atoms with van der Waals surface area (Å²) in [4.78, 5) is 2.44. The molecule has 3 rings (SSSR count). The van der Waals surface area contributed by atoms with Gasteiger partial charge in [-0.1, -0.05) is 13.8 Å². The third-order valence-corrected chi connectivity index (χ3v) is 11.2. The van der Waals surface area contributed by atoms with Gasteiger partial charge < -0.3 is 30.3 Å². The van der Waals surface area contributed by atoms with Crippen molar-refractivity contribution >= 4 is 11.6 Å². The van der Waals surface area contributed by atoms with Crippen molar-refractivity contribution in [2.75, 3.05) is 39.9 Å². The molecule has 2 aliphatic carbocycles. The van der Waals surface area contributed by atoms with Crippen LogP contribution in [-0.4, -0.2) is 83.8 Å². The molecular formula is C33H63ClN2O4. The Kier molecular flexibility index (Phi) is 14.0. The first kappa shape index (κ1) is 34.5. The number of rotatable bonds is 15. The van der Waals surface area contributed by atoms with Crippen LogP contribution in [0.25, 0.3) is 0 Å². The van der Waals surface area contributed by atoms with E-state index < -0.39 is 11.2 Å². The van der Waals surface area contributed by atoms with Gasteiger partial charge in [0.15, 0.2) is 0 Å². The molecule has 0 aromatic carbocycles. The number of aliphatic hydroxyl groups excluding tert-OH is 1. The molecule has 4 unspecified atom stereocenters. The van der Waals surface area contributed by atoms with Crippen LogP contribution in [-0.2, 0) is 9.47 Å². The minimum atomic E-state index is -0.607. The number of nitrogens with zero attached hydrogens (tertiary/aromatic N) is 1. The number of ether oxygens (including phenoxy) is 2. The molecule has 236 valence electrons. The minimum absolute atomic E-state index is 0.0445. The maximum atomic E-state index is 11.8. The zero-order valence-corrected chi connectivity index (χ0v) is 27.2. The number of halogens is 1. The first-order valence-electron chi connectivity index (χ1n) is 16.6. The lowest BCUT2D eigenvalue weighted by atomic mass is 9.68. The molecule has 6 atom stereocenters. The second kappa shape index (κ2) is 16.2. The van der Waals surface area contributed by atoms with Gasteiger partial charge in [0.25, 0.3) is 0 Å². The summed E-state index contributed by atoms with van der Waals surface area (Å²) in [5.41, 5.74) is 4.84. The summed E-state index contributed by atoms with van der Waals surface area (Å²) in [6.45, 7) is 12.0. The van der Waals surface area contributed by atoms with Crippen LogP contribution in [0.15, 0.2) is 0 Å². The van der Waals surface area contributed by atoms with Gasteiger partial charge in [-0.3, -0.25) is 0 Å². The van der Waals surface area contributed by atoms with Crippen LogP contribution in [0, 0.1) is 29.6 Å². The molecule has 2 saturated carbocycles. The van der Waals surface area contributed by atoms with Crippen LogP contribution in [0.1, 0.15) is 111 Å². The minimum Gasteiger partial charge on any atom is -0.393 e. The highest BCUT2D eigenvalue weighted by molar-refractivity contribution is 6.20. The van der Waals surface area contributed by atoms with E-state index in [0.29, 0.717) is 29.8 Å². The fourth-order valence-electron chi connectivity index (χ4n) is 8.11. The van der Waals surface area contributed by atoms with Gasteiger partial charge in [-0.05, 0) is 147 Å². The Morgan fingerprint density at radius 2 is 1.75 bits per heavy atom. The molecule has 1 saturated heterocycles. The van der Waals surface area contributed by atoms with Crippen LogP contribution >= 0.6 is 11.6 Å². The first-order chi connectivity index (χ1) is 19.0. The van der Waals surface area contributed by atoms with Crippen molar-refractivity contribution in [3.8, 4) is 0 Å². The van der Waals surface area contributed by atoms with Crippen LogP contribution in [0.4, 0.5) is 0 Å². The van der Waals surface area contributed by atoms with Gasteiger partial charge in [0, 0.05) is 18.5 Å². The van der Waals surface area contributed by atoms with E-state index in [1.165, 1.54) is 12.8 Å². The number of hydrogen-bond acceptors (Lipinski definition) is 6. The average molecular weight is 587 g/mol. The SMILES string of the molecule is CC(C)C(O)(CCN(C)CCCC1C2C[C@@H](OC(C)(C)CO)CCC2OCC[C@H]1CCCN)C1CCC(Cl)CC1. The lowest BCUT2D eigenvalue weighted by Crippen LogP contribution is -2.47. The van der Waals surface area contributed by atoms with Crippen LogP contribution in [0.2, 0.25) is 0 Å². The Hall–Kier alpha value is 0.0500. The molecule has 40 heavy (non-hydrogen) atoms. The summed E-state index contributed by atoms with van der Waals surface area (Å²) >= 11 is 6.37. The number of aliphatic hydroxyl groups is 2. The van der Waals surface area contributed by atoms with Crippen molar-refractivity contribution in [1.82, 2.24) is 4.90 Å². The Morgan fingerprint density at radius 1 is 1.02 bits per heavy atom. The molecular weight excluding hydrogens is 524 g/mol. The summed E-state index contributed by atoms with van der Waals surface area (Å²) in [5, 5.41) is 21.8. The molecule has 0 amide bonds. The summed E-state index contributed by atoms with van der Waals surface area (Å²) < 4.78 is 12.9. The third-order valence-electron chi connectivity index (χ3n) is 10.7.